The largest absolute Gasteiger partial charge is 0.282 e. The Morgan fingerprint density at radius 2 is 1.52 bits per heavy atom. The highest BCUT2D eigenvalue weighted by atomic mass is 32.2. The molecule has 124 valence electrons. The van der Waals surface area contributed by atoms with Gasteiger partial charge in [0.2, 0.25) is 20.0 Å². The summed E-state index contributed by atoms with van der Waals surface area (Å²) in [6.45, 7) is 1.82. The van der Waals surface area contributed by atoms with Crippen molar-refractivity contribution in [1.29, 1.82) is 0 Å². The van der Waals surface area contributed by atoms with Gasteiger partial charge in [0.05, 0.1) is 11.4 Å². The van der Waals surface area contributed by atoms with Gasteiger partial charge in [-0.25, -0.2) is 21.6 Å². The molecular formula is C15H18N2O4S2. The molecule has 23 heavy (non-hydrogen) atoms. The van der Waals surface area contributed by atoms with Crippen LogP contribution in [0.25, 0.3) is 0 Å². The number of nitrogens with one attached hydrogen (secondary N) is 2. The van der Waals surface area contributed by atoms with Crippen molar-refractivity contribution in [3.05, 3.63) is 59.7 Å². The number of sulfonamides is 2. The molecule has 0 aliphatic heterocycles. The molecule has 0 saturated heterocycles. The first-order chi connectivity index (χ1) is 10.7. The highest BCUT2D eigenvalue weighted by Gasteiger charge is 2.20. The molecule has 0 bridgehead atoms. The van der Waals surface area contributed by atoms with E-state index in [1.165, 1.54) is 25.2 Å². The number of hydrogen-bond acceptors (Lipinski definition) is 4. The molecule has 0 radical (unpaired) electrons. The van der Waals surface area contributed by atoms with E-state index in [1.54, 1.807) is 18.2 Å². The smallest absolute Gasteiger partial charge is 0.242 e. The molecular weight excluding hydrogens is 336 g/mol. The summed E-state index contributed by atoms with van der Waals surface area (Å²) in [6.07, 6.45) is 0. The van der Waals surface area contributed by atoms with Crippen LogP contribution in [0.5, 0.6) is 0 Å². The zero-order chi connectivity index (χ0) is 17.1. The van der Waals surface area contributed by atoms with Crippen LogP contribution in [0.2, 0.25) is 0 Å². The summed E-state index contributed by atoms with van der Waals surface area (Å²) in [6, 6.07) is 13.0. The molecule has 2 aromatic carbocycles. The molecule has 0 aliphatic carbocycles. The fourth-order valence-electron chi connectivity index (χ4n) is 2.08. The maximum atomic E-state index is 12.4. The van der Waals surface area contributed by atoms with Crippen molar-refractivity contribution >= 4 is 25.7 Å². The maximum Gasteiger partial charge on any atom is 0.242 e. The van der Waals surface area contributed by atoms with Crippen LogP contribution in [0.4, 0.5) is 5.69 Å². The molecule has 0 heterocycles. The van der Waals surface area contributed by atoms with Crippen molar-refractivity contribution in [2.45, 2.75) is 17.6 Å². The van der Waals surface area contributed by atoms with E-state index in [4.69, 9.17) is 0 Å². The van der Waals surface area contributed by atoms with Crippen LogP contribution in [0, 0.1) is 6.92 Å². The van der Waals surface area contributed by atoms with Gasteiger partial charge in [0, 0.05) is 0 Å². The van der Waals surface area contributed by atoms with Gasteiger partial charge >= 0.3 is 0 Å². The number of para-hydroxylation sites is 1. The highest BCUT2D eigenvalue weighted by Crippen LogP contribution is 2.23. The Morgan fingerprint density at radius 3 is 2.17 bits per heavy atom. The molecule has 2 rings (SSSR count). The predicted molar refractivity (Wildman–Crippen MR) is 90.1 cm³/mol. The average molecular weight is 354 g/mol. The van der Waals surface area contributed by atoms with Gasteiger partial charge in [-0.1, -0.05) is 36.4 Å². The number of aryl methyl sites for hydroxylation is 1. The summed E-state index contributed by atoms with van der Waals surface area (Å²) < 4.78 is 53.2. The third-order valence-electron chi connectivity index (χ3n) is 3.32. The standard InChI is InChI=1S/C15H18N2O4S2/c1-12-7-3-4-8-13(12)11-22(18,19)17-14-9-5-6-10-15(14)23(20,21)16-2/h3-10,16-17H,11H2,1-2H3. The summed E-state index contributed by atoms with van der Waals surface area (Å²) in [5.41, 5.74) is 1.54. The number of anilines is 1. The van der Waals surface area contributed by atoms with E-state index in [0.717, 1.165) is 5.56 Å². The lowest BCUT2D eigenvalue weighted by Gasteiger charge is -2.13. The molecule has 0 aliphatic rings. The van der Waals surface area contributed by atoms with Crippen molar-refractivity contribution < 1.29 is 16.8 Å². The van der Waals surface area contributed by atoms with Gasteiger partial charge in [0.15, 0.2) is 0 Å². The minimum Gasteiger partial charge on any atom is -0.282 e. The summed E-state index contributed by atoms with van der Waals surface area (Å²) >= 11 is 0. The van der Waals surface area contributed by atoms with Crippen molar-refractivity contribution in [3.8, 4) is 0 Å². The van der Waals surface area contributed by atoms with Crippen LogP contribution in [0.1, 0.15) is 11.1 Å². The van der Waals surface area contributed by atoms with Crippen molar-refractivity contribution in [3.63, 3.8) is 0 Å². The Balaban J connectivity index is 2.34. The van der Waals surface area contributed by atoms with E-state index in [2.05, 4.69) is 9.44 Å². The molecule has 6 nitrogen and oxygen atoms in total. The summed E-state index contributed by atoms with van der Waals surface area (Å²) in [7, 11) is -6.23. The summed E-state index contributed by atoms with van der Waals surface area (Å²) in [5.74, 6) is -0.229. The van der Waals surface area contributed by atoms with Crippen molar-refractivity contribution in [2.24, 2.45) is 0 Å². The zero-order valence-electron chi connectivity index (χ0n) is 12.8. The first kappa shape index (κ1) is 17.5. The normalized spacial score (nSPS) is 12.1. The van der Waals surface area contributed by atoms with Gasteiger partial charge in [-0.05, 0) is 37.2 Å². The molecule has 2 N–H and O–H groups in total. The van der Waals surface area contributed by atoms with E-state index < -0.39 is 20.0 Å². The lowest BCUT2D eigenvalue weighted by atomic mass is 10.1. The van der Waals surface area contributed by atoms with Crippen LogP contribution >= 0.6 is 0 Å². The van der Waals surface area contributed by atoms with E-state index >= 15 is 0 Å². The van der Waals surface area contributed by atoms with Crippen LogP contribution in [0.15, 0.2) is 53.4 Å². The Kier molecular flexibility index (Phi) is 5.08. The van der Waals surface area contributed by atoms with Gasteiger partial charge in [-0.2, -0.15) is 0 Å². The van der Waals surface area contributed by atoms with E-state index in [1.807, 2.05) is 19.1 Å². The van der Waals surface area contributed by atoms with E-state index in [-0.39, 0.29) is 16.3 Å². The van der Waals surface area contributed by atoms with Crippen LogP contribution in [-0.4, -0.2) is 23.9 Å². The predicted octanol–water partition coefficient (Wildman–Crippen LogP) is 1.85. The second-order valence-electron chi connectivity index (χ2n) is 4.99. The van der Waals surface area contributed by atoms with E-state index in [9.17, 15) is 16.8 Å². The zero-order valence-corrected chi connectivity index (χ0v) is 14.4. The van der Waals surface area contributed by atoms with Gasteiger partial charge < -0.3 is 0 Å². The second kappa shape index (κ2) is 6.69. The molecule has 0 spiro atoms. The monoisotopic (exact) mass is 354 g/mol. The van der Waals surface area contributed by atoms with Gasteiger partial charge in [0.25, 0.3) is 0 Å². The fraction of sp³-hybridized carbons (Fsp3) is 0.200. The molecule has 0 unspecified atom stereocenters. The van der Waals surface area contributed by atoms with Gasteiger partial charge in [-0.15, -0.1) is 0 Å². The third-order valence-corrected chi connectivity index (χ3v) is 6.01. The quantitative estimate of drug-likeness (QED) is 0.828. The van der Waals surface area contributed by atoms with Crippen LogP contribution in [-0.2, 0) is 25.8 Å². The molecule has 0 atom stereocenters. The Labute approximate surface area is 136 Å². The maximum absolute atomic E-state index is 12.4. The van der Waals surface area contributed by atoms with Crippen LogP contribution in [0.3, 0.4) is 0 Å². The van der Waals surface area contributed by atoms with Crippen molar-refractivity contribution in [2.75, 3.05) is 11.8 Å². The number of benzene rings is 2. The van der Waals surface area contributed by atoms with Crippen LogP contribution < -0.4 is 9.44 Å². The average Bonchev–Trinajstić information content (AvgIpc) is 2.49. The molecule has 0 aromatic heterocycles. The SMILES string of the molecule is CNS(=O)(=O)c1ccccc1NS(=O)(=O)Cc1ccccc1C. The Morgan fingerprint density at radius 1 is 0.913 bits per heavy atom. The first-order valence-electron chi connectivity index (χ1n) is 6.83. The first-order valence-corrected chi connectivity index (χ1v) is 9.96. The minimum absolute atomic E-state index is 0.0236. The molecule has 2 aromatic rings. The molecule has 8 heteroatoms. The molecule has 0 amide bonds. The lowest BCUT2D eigenvalue weighted by Crippen LogP contribution is -2.22. The van der Waals surface area contributed by atoms with Crippen molar-refractivity contribution in [1.82, 2.24) is 4.72 Å². The lowest BCUT2D eigenvalue weighted by molar-refractivity contribution is 0.588. The Hall–Kier alpha value is -1.90. The number of rotatable bonds is 6. The highest BCUT2D eigenvalue weighted by molar-refractivity contribution is 7.92. The third kappa shape index (κ3) is 4.31. The fourth-order valence-corrected chi connectivity index (χ4v) is 4.35. The second-order valence-corrected chi connectivity index (χ2v) is 8.57. The Bertz CT molecular complexity index is 907. The van der Waals surface area contributed by atoms with Gasteiger partial charge in [0.1, 0.15) is 4.90 Å². The summed E-state index contributed by atoms with van der Waals surface area (Å²) in [5, 5.41) is 0. The summed E-state index contributed by atoms with van der Waals surface area (Å²) in [4.78, 5) is -0.115. The number of hydrogen-bond donors (Lipinski definition) is 2. The molecule has 0 fully saturated rings. The minimum atomic E-state index is -3.76. The molecule has 0 saturated carbocycles. The topological polar surface area (TPSA) is 92.3 Å². The van der Waals surface area contributed by atoms with E-state index in [0.29, 0.717) is 5.56 Å². The van der Waals surface area contributed by atoms with Gasteiger partial charge in [-0.3, -0.25) is 4.72 Å².